The minimum Gasteiger partial charge on any atom is -0.461 e. The van der Waals surface area contributed by atoms with E-state index in [0.29, 0.717) is 5.56 Å². The van der Waals surface area contributed by atoms with Gasteiger partial charge in [0.15, 0.2) is 5.78 Å². The Labute approximate surface area is 138 Å². The molecule has 0 unspecified atom stereocenters. The molecule has 0 saturated carbocycles. The van der Waals surface area contributed by atoms with Crippen molar-refractivity contribution in [1.29, 1.82) is 0 Å². The zero-order valence-corrected chi connectivity index (χ0v) is 13.0. The Balaban J connectivity index is 2.44. The van der Waals surface area contributed by atoms with Gasteiger partial charge in [-0.05, 0) is 12.1 Å². The Kier molecular flexibility index (Phi) is 5.57. The molecule has 0 saturated heterocycles. The van der Waals surface area contributed by atoms with E-state index >= 15 is 0 Å². The standard InChI is InChI=1S/C18H15NO5/c1-13(20)24-12-16(18(21)14-7-3-2-4-8-14)11-15-9-5-6-10-17(15)19(22)23/h2-11H,12H2,1H3/b16-11+. The SMILES string of the molecule is CC(=O)OC/C(=C\c1ccccc1[N+](=O)[O-])C(=O)c1ccccc1. The van der Waals surface area contributed by atoms with Crippen LogP contribution in [-0.4, -0.2) is 23.3 Å². The molecule has 0 atom stereocenters. The molecular formula is C18H15NO5. The Morgan fingerprint density at radius 2 is 1.71 bits per heavy atom. The highest BCUT2D eigenvalue weighted by molar-refractivity contribution is 6.11. The number of nitro groups is 1. The van der Waals surface area contributed by atoms with E-state index in [-0.39, 0.29) is 29.2 Å². The number of ketones is 1. The van der Waals surface area contributed by atoms with Crippen molar-refractivity contribution in [2.75, 3.05) is 6.61 Å². The predicted octanol–water partition coefficient (Wildman–Crippen LogP) is 3.42. The van der Waals surface area contributed by atoms with Gasteiger partial charge in [0.2, 0.25) is 0 Å². The topological polar surface area (TPSA) is 86.5 Å². The maximum Gasteiger partial charge on any atom is 0.302 e. The molecule has 0 aliphatic heterocycles. The molecule has 0 aromatic heterocycles. The minimum atomic E-state index is -0.538. The predicted molar refractivity (Wildman–Crippen MR) is 88.5 cm³/mol. The van der Waals surface area contributed by atoms with E-state index in [1.807, 2.05) is 0 Å². The maximum atomic E-state index is 12.6. The van der Waals surface area contributed by atoms with Crippen molar-refractivity contribution in [2.45, 2.75) is 6.92 Å². The van der Waals surface area contributed by atoms with Crippen LogP contribution in [-0.2, 0) is 9.53 Å². The monoisotopic (exact) mass is 325 g/mol. The number of carbonyl (C=O) groups is 2. The summed E-state index contributed by atoms with van der Waals surface area (Å²) in [5.74, 6) is -0.890. The molecule has 6 heteroatoms. The molecule has 0 N–H and O–H groups in total. The molecule has 2 rings (SSSR count). The van der Waals surface area contributed by atoms with E-state index in [4.69, 9.17) is 4.74 Å². The molecule has 0 spiro atoms. The minimum absolute atomic E-state index is 0.126. The van der Waals surface area contributed by atoms with Crippen molar-refractivity contribution in [1.82, 2.24) is 0 Å². The first-order valence-corrected chi connectivity index (χ1v) is 7.16. The average Bonchev–Trinajstić information content (AvgIpc) is 2.58. The zero-order valence-electron chi connectivity index (χ0n) is 13.0. The number of esters is 1. The van der Waals surface area contributed by atoms with E-state index in [0.717, 1.165) is 0 Å². The first-order chi connectivity index (χ1) is 11.5. The number of para-hydroxylation sites is 1. The van der Waals surface area contributed by atoms with Crippen LogP contribution in [0.1, 0.15) is 22.8 Å². The van der Waals surface area contributed by atoms with E-state index in [9.17, 15) is 19.7 Å². The summed E-state index contributed by atoms with van der Waals surface area (Å²) in [5, 5.41) is 11.1. The highest BCUT2D eigenvalue weighted by Gasteiger charge is 2.17. The number of hydrogen-bond acceptors (Lipinski definition) is 5. The van der Waals surface area contributed by atoms with Crippen LogP contribution in [0.4, 0.5) is 5.69 Å². The van der Waals surface area contributed by atoms with Gasteiger partial charge in [0.25, 0.3) is 5.69 Å². The second-order valence-electron chi connectivity index (χ2n) is 4.96. The third-order valence-corrected chi connectivity index (χ3v) is 3.22. The smallest absolute Gasteiger partial charge is 0.302 e. The summed E-state index contributed by atoms with van der Waals surface area (Å²) >= 11 is 0. The summed E-state index contributed by atoms with van der Waals surface area (Å²) in [6.45, 7) is 0.977. The van der Waals surface area contributed by atoms with E-state index in [1.165, 1.54) is 25.1 Å². The average molecular weight is 325 g/mol. The van der Waals surface area contributed by atoms with E-state index < -0.39 is 10.9 Å². The second-order valence-corrected chi connectivity index (χ2v) is 4.96. The Morgan fingerprint density at radius 1 is 1.08 bits per heavy atom. The number of carbonyl (C=O) groups excluding carboxylic acids is 2. The number of ether oxygens (including phenoxy) is 1. The van der Waals surface area contributed by atoms with Gasteiger partial charge in [0.05, 0.1) is 10.5 Å². The molecule has 0 aliphatic carbocycles. The quantitative estimate of drug-likeness (QED) is 0.267. The van der Waals surface area contributed by atoms with Crippen LogP contribution >= 0.6 is 0 Å². The number of nitro benzene ring substituents is 1. The molecule has 2 aromatic rings. The fourth-order valence-electron chi connectivity index (χ4n) is 2.09. The lowest BCUT2D eigenvalue weighted by Crippen LogP contribution is -2.12. The summed E-state index contributed by atoms with van der Waals surface area (Å²) in [6.07, 6.45) is 1.39. The van der Waals surface area contributed by atoms with Crippen molar-refractivity contribution in [3.05, 3.63) is 81.4 Å². The van der Waals surface area contributed by atoms with E-state index in [1.54, 1.807) is 42.5 Å². The summed E-state index contributed by atoms with van der Waals surface area (Å²) in [4.78, 5) is 34.3. The lowest BCUT2D eigenvalue weighted by molar-refractivity contribution is -0.385. The van der Waals surface area contributed by atoms with Crippen LogP contribution in [0.3, 0.4) is 0 Å². The molecule has 0 amide bonds. The van der Waals surface area contributed by atoms with Gasteiger partial charge in [-0.1, -0.05) is 42.5 Å². The highest BCUT2D eigenvalue weighted by atomic mass is 16.6. The lowest BCUT2D eigenvalue weighted by Gasteiger charge is -2.08. The van der Waals surface area contributed by atoms with Gasteiger partial charge in [0, 0.05) is 24.1 Å². The third kappa shape index (κ3) is 4.36. The van der Waals surface area contributed by atoms with Crippen LogP contribution in [0, 0.1) is 10.1 Å². The zero-order chi connectivity index (χ0) is 17.5. The molecule has 0 heterocycles. The van der Waals surface area contributed by atoms with Gasteiger partial charge in [-0.3, -0.25) is 19.7 Å². The number of rotatable bonds is 6. The van der Waals surface area contributed by atoms with Gasteiger partial charge < -0.3 is 4.74 Å². The summed E-state index contributed by atoms with van der Waals surface area (Å²) in [6, 6.07) is 14.5. The van der Waals surface area contributed by atoms with Gasteiger partial charge in [-0.2, -0.15) is 0 Å². The van der Waals surface area contributed by atoms with Gasteiger partial charge in [0.1, 0.15) is 6.61 Å². The Hall–Kier alpha value is -3.28. The van der Waals surface area contributed by atoms with Gasteiger partial charge in [-0.25, -0.2) is 0 Å². The van der Waals surface area contributed by atoms with Gasteiger partial charge in [-0.15, -0.1) is 0 Å². The van der Waals surface area contributed by atoms with Crippen molar-refractivity contribution < 1.29 is 19.2 Å². The molecule has 0 aliphatic rings. The maximum absolute atomic E-state index is 12.6. The van der Waals surface area contributed by atoms with Crippen molar-refractivity contribution in [2.24, 2.45) is 0 Å². The van der Waals surface area contributed by atoms with Crippen molar-refractivity contribution in [3.8, 4) is 0 Å². The molecular weight excluding hydrogens is 310 g/mol. The van der Waals surface area contributed by atoms with Crippen LogP contribution in [0.15, 0.2) is 60.2 Å². The summed E-state index contributed by atoms with van der Waals surface area (Å²) in [5.41, 5.74) is 0.716. The van der Waals surface area contributed by atoms with Crippen molar-refractivity contribution in [3.63, 3.8) is 0 Å². The number of hydrogen-bond donors (Lipinski definition) is 0. The molecule has 6 nitrogen and oxygen atoms in total. The van der Waals surface area contributed by atoms with Crippen LogP contribution in [0.5, 0.6) is 0 Å². The third-order valence-electron chi connectivity index (χ3n) is 3.22. The number of benzene rings is 2. The Bertz CT molecular complexity index is 796. The first-order valence-electron chi connectivity index (χ1n) is 7.16. The molecule has 122 valence electrons. The Morgan fingerprint density at radius 3 is 2.33 bits per heavy atom. The van der Waals surface area contributed by atoms with Crippen molar-refractivity contribution >= 4 is 23.5 Å². The van der Waals surface area contributed by atoms with Gasteiger partial charge >= 0.3 is 5.97 Å². The van der Waals surface area contributed by atoms with Crippen LogP contribution in [0.2, 0.25) is 0 Å². The fraction of sp³-hybridized carbons (Fsp3) is 0.111. The number of nitrogens with zero attached hydrogens (tertiary/aromatic N) is 1. The highest BCUT2D eigenvalue weighted by Crippen LogP contribution is 2.22. The molecule has 0 bridgehead atoms. The molecule has 0 radical (unpaired) electrons. The molecule has 24 heavy (non-hydrogen) atoms. The lowest BCUT2D eigenvalue weighted by atomic mass is 10.0. The fourth-order valence-corrected chi connectivity index (χ4v) is 2.09. The van der Waals surface area contributed by atoms with Crippen LogP contribution < -0.4 is 0 Å². The summed E-state index contributed by atoms with van der Waals surface area (Å²) in [7, 11) is 0. The first kappa shape index (κ1) is 17.1. The number of Topliss-reactive ketones (excluding diaryl/α,β-unsaturated/α-hetero) is 1. The normalized spacial score (nSPS) is 11.0. The van der Waals surface area contributed by atoms with E-state index in [2.05, 4.69) is 0 Å². The molecule has 2 aromatic carbocycles. The largest absolute Gasteiger partial charge is 0.461 e. The van der Waals surface area contributed by atoms with Crippen LogP contribution in [0.25, 0.3) is 6.08 Å². The summed E-state index contributed by atoms with van der Waals surface area (Å²) < 4.78 is 4.92. The second kappa shape index (κ2) is 7.82. The molecule has 0 fully saturated rings.